The van der Waals surface area contributed by atoms with E-state index in [2.05, 4.69) is 33.4 Å². The summed E-state index contributed by atoms with van der Waals surface area (Å²) in [4.78, 5) is 0. The van der Waals surface area contributed by atoms with Crippen molar-refractivity contribution in [2.45, 2.75) is 32.2 Å². The summed E-state index contributed by atoms with van der Waals surface area (Å²) in [5.74, 6) is -0.206. The predicted octanol–water partition coefficient (Wildman–Crippen LogP) is 4.42. The second-order valence-corrected chi connectivity index (χ2v) is 5.05. The van der Waals surface area contributed by atoms with Crippen LogP contribution in [0.1, 0.15) is 24.8 Å². The maximum absolute atomic E-state index is 13.2. The lowest BCUT2D eigenvalue weighted by Gasteiger charge is -2.20. The third-order valence-corrected chi connectivity index (χ3v) is 3.47. The number of aryl methyl sites for hydroxylation is 1. The Balaban J connectivity index is 2.17. The summed E-state index contributed by atoms with van der Waals surface area (Å²) in [6.45, 7) is 1.92. The van der Waals surface area contributed by atoms with E-state index in [-0.39, 0.29) is 5.82 Å². The van der Waals surface area contributed by atoms with Gasteiger partial charge in [-0.25, -0.2) is 4.39 Å². The molecule has 1 N–H and O–H groups in total. The molecule has 0 amide bonds. The van der Waals surface area contributed by atoms with Crippen LogP contribution in [0, 0.1) is 12.7 Å². The highest BCUT2D eigenvalue weighted by molar-refractivity contribution is 9.10. The summed E-state index contributed by atoms with van der Waals surface area (Å²) in [7, 11) is 0. The highest BCUT2D eigenvalue weighted by Gasteiger charge is 2.11. The van der Waals surface area contributed by atoms with Crippen molar-refractivity contribution in [3.8, 4) is 0 Å². The van der Waals surface area contributed by atoms with Crippen LogP contribution in [0.3, 0.4) is 0 Å². The minimum absolute atomic E-state index is 0.206. The summed E-state index contributed by atoms with van der Waals surface area (Å²) >= 11 is 3.21. The van der Waals surface area contributed by atoms with E-state index in [9.17, 15) is 4.39 Å². The van der Waals surface area contributed by atoms with Crippen molar-refractivity contribution in [2.24, 2.45) is 0 Å². The van der Waals surface area contributed by atoms with Crippen LogP contribution in [0.15, 0.2) is 28.8 Å². The van der Waals surface area contributed by atoms with Crippen LogP contribution in [0.4, 0.5) is 10.1 Å². The van der Waals surface area contributed by atoms with Crippen molar-refractivity contribution in [3.05, 3.63) is 40.1 Å². The van der Waals surface area contributed by atoms with Gasteiger partial charge in [0.2, 0.25) is 0 Å². The number of hydrogen-bond donors (Lipinski definition) is 1. The molecule has 1 aliphatic rings. The molecule has 0 saturated carbocycles. The third-order valence-electron chi connectivity index (χ3n) is 2.86. The molecule has 1 atom stereocenters. The van der Waals surface area contributed by atoms with Crippen molar-refractivity contribution in [2.75, 3.05) is 5.32 Å². The maximum Gasteiger partial charge on any atom is 0.137 e. The van der Waals surface area contributed by atoms with Gasteiger partial charge in [-0.3, -0.25) is 0 Å². The summed E-state index contributed by atoms with van der Waals surface area (Å²) < 4.78 is 13.8. The molecular formula is C13H15BrFN. The molecule has 16 heavy (non-hydrogen) atoms. The van der Waals surface area contributed by atoms with Gasteiger partial charge in [-0.05, 0) is 59.8 Å². The highest BCUT2D eigenvalue weighted by atomic mass is 79.9. The summed E-state index contributed by atoms with van der Waals surface area (Å²) in [5, 5.41) is 3.43. The first kappa shape index (κ1) is 11.6. The van der Waals surface area contributed by atoms with Gasteiger partial charge in [-0.1, -0.05) is 12.2 Å². The van der Waals surface area contributed by atoms with Crippen LogP contribution in [-0.4, -0.2) is 6.04 Å². The number of anilines is 1. The molecule has 0 spiro atoms. The van der Waals surface area contributed by atoms with Gasteiger partial charge in [0.15, 0.2) is 0 Å². The molecule has 0 saturated heterocycles. The molecule has 3 heteroatoms. The second kappa shape index (κ2) is 5.00. The molecule has 1 aromatic rings. The van der Waals surface area contributed by atoms with E-state index in [4.69, 9.17) is 0 Å². The minimum Gasteiger partial charge on any atom is -0.379 e. The molecule has 0 radical (unpaired) electrons. The number of nitrogens with one attached hydrogen (secondary N) is 1. The van der Waals surface area contributed by atoms with Crippen molar-refractivity contribution in [1.82, 2.24) is 0 Å². The topological polar surface area (TPSA) is 12.0 Å². The zero-order valence-electron chi connectivity index (χ0n) is 9.26. The van der Waals surface area contributed by atoms with E-state index < -0.39 is 0 Å². The highest BCUT2D eigenvalue weighted by Crippen LogP contribution is 2.26. The Morgan fingerprint density at radius 2 is 2.25 bits per heavy atom. The molecule has 1 aromatic carbocycles. The van der Waals surface area contributed by atoms with Gasteiger partial charge >= 0.3 is 0 Å². The van der Waals surface area contributed by atoms with Gasteiger partial charge in [-0.15, -0.1) is 0 Å². The fourth-order valence-corrected chi connectivity index (χ4v) is 2.28. The normalized spacial score (nSPS) is 19.8. The van der Waals surface area contributed by atoms with Gasteiger partial charge in [0.05, 0.1) is 4.47 Å². The summed E-state index contributed by atoms with van der Waals surface area (Å²) in [5.41, 5.74) is 1.95. The average molecular weight is 284 g/mol. The molecule has 1 aliphatic carbocycles. The Kier molecular flexibility index (Phi) is 3.64. The first-order valence-electron chi connectivity index (χ1n) is 5.55. The van der Waals surface area contributed by atoms with E-state index >= 15 is 0 Å². The van der Waals surface area contributed by atoms with E-state index in [0.29, 0.717) is 10.5 Å². The first-order valence-corrected chi connectivity index (χ1v) is 6.35. The van der Waals surface area contributed by atoms with Crippen LogP contribution >= 0.6 is 15.9 Å². The van der Waals surface area contributed by atoms with Gasteiger partial charge in [0.25, 0.3) is 0 Å². The van der Waals surface area contributed by atoms with E-state index in [1.165, 1.54) is 12.8 Å². The molecule has 0 aromatic heterocycles. The van der Waals surface area contributed by atoms with Crippen molar-refractivity contribution < 1.29 is 4.39 Å². The molecule has 0 bridgehead atoms. The van der Waals surface area contributed by atoms with E-state index in [1.807, 2.05) is 13.0 Å². The fraction of sp³-hybridized carbons (Fsp3) is 0.385. The molecule has 0 fully saturated rings. The van der Waals surface area contributed by atoms with Crippen molar-refractivity contribution in [3.63, 3.8) is 0 Å². The van der Waals surface area contributed by atoms with E-state index in [0.717, 1.165) is 17.7 Å². The number of allylic oxidation sites excluding steroid dienone is 1. The smallest absolute Gasteiger partial charge is 0.137 e. The van der Waals surface area contributed by atoms with Crippen LogP contribution in [0.5, 0.6) is 0 Å². The summed E-state index contributed by atoms with van der Waals surface area (Å²) in [6.07, 6.45) is 7.93. The third kappa shape index (κ3) is 2.64. The van der Waals surface area contributed by atoms with Crippen LogP contribution in [0.2, 0.25) is 0 Å². The Labute approximate surface area is 104 Å². The number of halogens is 2. The second-order valence-electron chi connectivity index (χ2n) is 4.19. The SMILES string of the molecule is Cc1cc(F)c(Br)cc1NC1C=CCCC1. The zero-order valence-corrected chi connectivity index (χ0v) is 10.8. The number of hydrogen-bond acceptors (Lipinski definition) is 1. The lowest BCUT2D eigenvalue weighted by atomic mass is 10.0. The standard InChI is InChI=1S/C13H15BrFN/c1-9-7-12(15)11(14)8-13(9)16-10-5-3-2-4-6-10/h3,5,7-8,10,16H,2,4,6H2,1H3. The first-order chi connectivity index (χ1) is 7.66. The Morgan fingerprint density at radius 3 is 2.94 bits per heavy atom. The number of rotatable bonds is 2. The molecule has 1 unspecified atom stereocenters. The number of benzene rings is 1. The van der Waals surface area contributed by atoms with Crippen molar-refractivity contribution in [1.29, 1.82) is 0 Å². The molecule has 0 aliphatic heterocycles. The molecule has 1 nitrogen and oxygen atoms in total. The van der Waals surface area contributed by atoms with Gasteiger partial charge < -0.3 is 5.32 Å². The molecule has 86 valence electrons. The van der Waals surface area contributed by atoms with E-state index in [1.54, 1.807) is 6.07 Å². The van der Waals surface area contributed by atoms with Crippen molar-refractivity contribution >= 4 is 21.6 Å². The molecule has 2 rings (SSSR count). The maximum atomic E-state index is 13.2. The van der Waals surface area contributed by atoms with Crippen LogP contribution < -0.4 is 5.32 Å². The Bertz CT molecular complexity index is 415. The average Bonchev–Trinajstić information content (AvgIpc) is 2.27. The zero-order chi connectivity index (χ0) is 11.5. The Morgan fingerprint density at radius 1 is 1.44 bits per heavy atom. The quantitative estimate of drug-likeness (QED) is 0.793. The monoisotopic (exact) mass is 283 g/mol. The molecule has 0 heterocycles. The molecular weight excluding hydrogens is 269 g/mol. The summed E-state index contributed by atoms with van der Waals surface area (Å²) in [6, 6.07) is 3.75. The van der Waals surface area contributed by atoms with Gasteiger partial charge in [0, 0.05) is 11.7 Å². The minimum atomic E-state index is -0.206. The predicted molar refractivity (Wildman–Crippen MR) is 69.2 cm³/mol. The van der Waals surface area contributed by atoms with Crippen LogP contribution in [-0.2, 0) is 0 Å². The lowest BCUT2D eigenvalue weighted by Crippen LogP contribution is -2.19. The van der Waals surface area contributed by atoms with Crippen LogP contribution in [0.25, 0.3) is 0 Å². The lowest BCUT2D eigenvalue weighted by molar-refractivity contribution is 0.619. The fourth-order valence-electron chi connectivity index (χ4n) is 1.93. The largest absolute Gasteiger partial charge is 0.379 e. The Hall–Kier alpha value is -0.830. The van der Waals surface area contributed by atoms with Gasteiger partial charge in [-0.2, -0.15) is 0 Å². The van der Waals surface area contributed by atoms with Gasteiger partial charge in [0.1, 0.15) is 5.82 Å².